The van der Waals surface area contributed by atoms with Gasteiger partial charge in [-0.1, -0.05) is 63.3 Å². The molecule has 0 heterocycles. The summed E-state index contributed by atoms with van der Waals surface area (Å²) in [6.45, 7) is 14.6. The van der Waals surface area contributed by atoms with E-state index >= 15 is 0 Å². The second-order valence-corrected chi connectivity index (χ2v) is 12.6. The van der Waals surface area contributed by atoms with E-state index in [-0.39, 0.29) is 23.7 Å². The van der Waals surface area contributed by atoms with Crippen LogP contribution < -0.4 is 0 Å². The number of benzene rings is 1. The zero-order valence-electron chi connectivity index (χ0n) is 16.1. The Kier molecular flexibility index (Phi) is 8.37. The van der Waals surface area contributed by atoms with E-state index in [0.29, 0.717) is 13.2 Å². The molecule has 1 aromatic rings. The minimum atomic E-state index is -1.83. The zero-order valence-corrected chi connectivity index (χ0v) is 17.1. The topological polar surface area (TPSA) is 38.7 Å². The molecule has 136 valence electrons. The molecule has 0 aliphatic carbocycles. The average Bonchev–Trinajstić information content (AvgIpc) is 2.50. The molecule has 0 aromatic heterocycles. The fourth-order valence-corrected chi connectivity index (χ4v) is 3.66. The second-order valence-electron chi connectivity index (χ2n) is 7.86. The summed E-state index contributed by atoms with van der Waals surface area (Å²) in [5, 5.41) is 9.28. The quantitative estimate of drug-likeness (QED) is 0.514. The first-order valence-electron chi connectivity index (χ1n) is 8.74. The standard InChI is InChI=1S/C20H34O3Si/c1-17(23-24(5,6)20(2,3)4)19(13-10-14-21)16-22-15-18-11-8-7-9-12-18/h7-13,17,19,21H,14-16H2,1-6H3/b13-10+/t17-,19-/m1/s1. The van der Waals surface area contributed by atoms with Crippen LogP contribution in [0.25, 0.3) is 0 Å². The van der Waals surface area contributed by atoms with Gasteiger partial charge in [0.2, 0.25) is 0 Å². The highest BCUT2D eigenvalue weighted by Crippen LogP contribution is 2.38. The van der Waals surface area contributed by atoms with Crippen molar-refractivity contribution >= 4 is 8.32 Å². The highest BCUT2D eigenvalue weighted by Gasteiger charge is 2.39. The molecule has 1 aromatic carbocycles. The summed E-state index contributed by atoms with van der Waals surface area (Å²) in [7, 11) is -1.83. The van der Waals surface area contributed by atoms with Gasteiger partial charge < -0.3 is 14.3 Å². The van der Waals surface area contributed by atoms with E-state index in [0.717, 1.165) is 0 Å². The summed E-state index contributed by atoms with van der Waals surface area (Å²) in [5.74, 6) is 0.134. The van der Waals surface area contributed by atoms with Gasteiger partial charge >= 0.3 is 0 Å². The number of rotatable bonds is 9. The van der Waals surface area contributed by atoms with E-state index in [2.05, 4.69) is 52.9 Å². The van der Waals surface area contributed by atoms with Crippen LogP contribution in [0.4, 0.5) is 0 Å². The number of hydrogen-bond acceptors (Lipinski definition) is 3. The molecule has 0 radical (unpaired) electrons. The van der Waals surface area contributed by atoms with Gasteiger partial charge in [-0.05, 0) is 30.6 Å². The molecule has 0 bridgehead atoms. The number of aliphatic hydroxyl groups excluding tert-OH is 1. The van der Waals surface area contributed by atoms with Crippen LogP contribution in [-0.2, 0) is 15.8 Å². The Hall–Kier alpha value is -0.943. The van der Waals surface area contributed by atoms with Gasteiger partial charge in [0, 0.05) is 5.92 Å². The molecule has 0 fully saturated rings. The molecule has 4 heteroatoms. The largest absolute Gasteiger partial charge is 0.414 e. The molecule has 0 aliphatic heterocycles. The van der Waals surface area contributed by atoms with Crippen LogP contribution in [0.5, 0.6) is 0 Å². The van der Waals surface area contributed by atoms with Crippen LogP contribution in [-0.4, -0.2) is 32.7 Å². The Morgan fingerprint density at radius 1 is 1.17 bits per heavy atom. The van der Waals surface area contributed by atoms with Crippen molar-refractivity contribution in [1.82, 2.24) is 0 Å². The molecular formula is C20H34O3Si. The van der Waals surface area contributed by atoms with Crippen LogP contribution in [0.2, 0.25) is 18.1 Å². The molecule has 1 rings (SSSR count). The highest BCUT2D eigenvalue weighted by atomic mass is 28.4. The molecule has 0 saturated heterocycles. The van der Waals surface area contributed by atoms with E-state index in [1.165, 1.54) is 5.56 Å². The van der Waals surface area contributed by atoms with Crippen LogP contribution in [0.15, 0.2) is 42.5 Å². The Labute approximate surface area is 148 Å². The van der Waals surface area contributed by atoms with Crippen molar-refractivity contribution in [3.05, 3.63) is 48.0 Å². The summed E-state index contributed by atoms with van der Waals surface area (Å²) in [6.07, 6.45) is 3.86. The van der Waals surface area contributed by atoms with Crippen LogP contribution in [0, 0.1) is 5.92 Å². The molecule has 0 aliphatic rings. The Bertz CT molecular complexity index is 491. The van der Waals surface area contributed by atoms with Gasteiger partial charge in [0.15, 0.2) is 8.32 Å². The second kappa shape index (κ2) is 9.52. The summed E-state index contributed by atoms with van der Waals surface area (Å²) in [6, 6.07) is 10.2. The molecule has 0 saturated carbocycles. The van der Waals surface area contributed by atoms with Crippen molar-refractivity contribution in [2.45, 2.75) is 58.5 Å². The van der Waals surface area contributed by atoms with Crippen molar-refractivity contribution < 1.29 is 14.3 Å². The van der Waals surface area contributed by atoms with Crippen LogP contribution >= 0.6 is 0 Å². The lowest BCUT2D eigenvalue weighted by Crippen LogP contribution is -2.45. The van der Waals surface area contributed by atoms with Gasteiger partial charge in [0.1, 0.15) is 0 Å². The SMILES string of the molecule is C[C@@H](O[Si](C)(C)C(C)(C)C)[C@H](/C=C/CO)COCc1ccccc1. The maximum atomic E-state index is 9.10. The average molecular weight is 351 g/mol. The molecule has 0 unspecified atom stereocenters. The van der Waals surface area contributed by atoms with Crippen molar-refractivity contribution in [3.63, 3.8) is 0 Å². The number of hydrogen-bond donors (Lipinski definition) is 1. The summed E-state index contributed by atoms with van der Waals surface area (Å²) < 4.78 is 12.4. The van der Waals surface area contributed by atoms with Gasteiger partial charge in [0.25, 0.3) is 0 Å². The monoisotopic (exact) mass is 350 g/mol. The fraction of sp³-hybridized carbons (Fsp3) is 0.600. The summed E-state index contributed by atoms with van der Waals surface area (Å²) in [4.78, 5) is 0. The van der Waals surface area contributed by atoms with Crippen molar-refractivity contribution in [1.29, 1.82) is 0 Å². The third-order valence-electron chi connectivity index (χ3n) is 4.80. The summed E-state index contributed by atoms with van der Waals surface area (Å²) in [5.41, 5.74) is 1.17. The first-order chi connectivity index (χ1) is 11.2. The Morgan fingerprint density at radius 2 is 1.79 bits per heavy atom. The van der Waals surface area contributed by atoms with E-state index in [1.54, 1.807) is 6.08 Å². The maximum absolute atomic E-state index is 9.10. The minimum absolute atomic E-state index is 0.0436. The van der Waals surface area contributed by atoms with E-state index in [1.807, 2.05) is 24.3 Å². The predicted octanol–water partition coefficient (Wildman–Crippen LogP) is 4.78. The third-order valence-corrected chi connectivity index (χ3v) is 9.37. The maximum Gasteiger partial charge on any atom is 0.192 e. The Morgan fingerprint density at radius 3 is 2.33 bits per heavy atom. The lowest BCUT2D eigenvalue weighted by Gasteiger charge is -2.40. The molecule has 3 nitrogen and oxygen atoms in total. The van der Waals surface area contributed by atoms with Gasteiger partial charge in [-0.25, -0.2) is 0 Å². The lowest BCUT2D eigenvalue weighted by molar-refractivity contribution is 0.0522. The Balaban J connectivity index is 2.65. The molecule has 1 N–H and O–H groups in total. The third kappa shape index (κ3) is 6.89. The smallest absolute Gasteiger partial charge is 0.192 e. The van der Waals surface area contributed by atoms with Crippen LogP contribution in [0.3, 0.4) is 0 Å². The van der Waals surface area contributed by atoms with Gasteiger partial charge in [-0.15, -0.1) is 0 Å². The number of aliphatic hydroxyl groups is 1. The van der Waals surface area contributed by atoms with Gasteiger partial charge in [0.05, 0.1) is 25.9 Å². The first-order valence-corrected chi connectivity index (χ1v) is 11.6. The van der Waals surface area contributed by atoms with Crippen molar-refractivity contribution in [2.24, 2.45) is 5.92 Å². The van der Waals surface area contributed by atoms with Crippen LogP contribution in [0.1, 0.15) is 33.3 Å². The van der Waals surface area contributed by atoms with Gasteiger partial charge in [-0.2, -0.15) is 0 Å². The van der Waals surface area contributed by atoms with Crippen molar-refractivity contribution in [2.75, 3.05) is 13.2 Å². The normalized spacial score (nSPS) is 15.6. The molecule has 2 atom stereocenters. The molecule has 0 amide bonds. The number of ether oxygens (including phenoxy) is 1. The fourth-order valence-electron chi connectivity index (χ4n) is 2.20. The first kappa shape index (κ1) is 21.1. The van der Waals surface area contributed by atoms with E-state index < -0.39 is 8.32 Å². The summed E-state index contributed by atoms with van der Waals surface area (Å²) >= 11 is 0. The molecular weight excluding hydrogens is 316 g/mol. The highest BCUT2D eigenvalue weighted by molar-refractivity contribution is 6.74. The van der Waals surface area contributed by atoms with Crippen molar-refractivity contribution in [3.8, 4) is 0 Å². The zero-order chi connectivity index (χ0) is 18.2. The van der Waals surface area contributed by atoms with E-state index in [4.69, 9.17) is 14.3 Å². The predicted molar refractivity (Wildman–Crippen MR) is 104 cm³/mol. The van der Waals surface area contributed by atoms with Gasteiger partial charge in [-0.3, -0.25) is 0 Å². The molecule has 24 heavy (non-hydrogen) atoms. The molecule has 0 spiro atoms. The van der Waals surface area contributed by atoms with E-state index in [9.17, 15) is 0 Å². The minimum Gasteiger partial charge on any atom is -0.414 e. The lowest BCUT2D eigenvalue weighted by atomic mass is 10.0.